The van der Waals surface area contributed by atoms with Crippen LogP contribution < -0.4 is 5.32 Å². The SMILES string of the molecule is O=C(NC1CC2CC1C1CCCC21)c1cccc(Br)c1. The highest BCUT2D eigenvalue weighted by Gasteiger charge is 2.53. The first kappa shape index (κ1) is 12.9. The normalized spacial score (nSPS) is 38.0. The smallest absolute Gasteiger partial charge is 0.251 e. The number of hydrogen-bond donors (Lipinski definition) is 1. The minimum atomic E-state index is 0.0957. The molecule has 0 radical (unpaired) electrons. The molecule has 2 bridgehead atoms. The van der Waals surface area contributed by atoms with Gasteiger partial charge in [-0.05, 0) is 67.6 Å². The standard InChI is InChI=1S/C17H20BrNO/c18-12-4-1-3-10(7-12)17(20)19-16-9-11-8-15(16)14-6-2-5-13(11)14/h1,3-4,7,11,13-16H,2,5-6,8-9H2,(H,19,20). The molecule has 3 fully saturated rings. The molecule has 1 aromatic rings. The van der Waals surface area contributed by atoms with Crippen LogP contribution in [0.1, 0.15) is 42.5 Å². The first-order valence-electron chi connectivity index (χ1n) is 7.79. The highest BCUT2D eigenvalue weighted by molar-refractivity contribution is 9.10. The van der Waals surface area contributed by atoms with E-state index in [1.165, 1.54) is 32.1 Å². The Labute approximate surface area is 128 Å². The van der Waals surface area contributed by atoms with E-state index in [4.69, 9.17) is 0 Å². The maximum absolute atomic E-state index is 12.4. The van der Waals surface area contributed by atoms with E-state index in [0.717, 1.165) is 33.7 Å². The molecule has 20 heavy (non-hydrogen) atoms. The van der Waals surface area contributed by atoms with Gasteiger partial charge < -0.3 is 5.32 Å². The van der Waals surface area contributed by atoms with Crippen LogP contribution in [0, 0.1) is 23.7 Å². The number of carbonyl (C=O) groups excluding carboxylic acids is 1. The van der Waals surface area contributed by atoms with Gasteiger partial charge in [0, 0.05) is 16.1 Å². The third kappa shape index (κ3) is 2.02. The first-order valence-corrected chi connectivity index (χ1v) is 8.58. The van der Waals surface area contributed by atoms with Gasteiger partial charge in [-0.3, -0.25) is 4.79 Å². The summed E-state index contributed by atoms with van der Waals surface area (Å²) in [5.41, 5.74) is 0.769. The average Bonchev–Trinajstić information content (AvgIpc) is 3.10. The maximum Gasteiger partial charge on any atom is 0.251 e. The molecule has 1 amide bonds. The molecule has 0 heterocycles. The molecule has 0 spiro atoms. The average molecular weight is 334 g/mol. The zero-order valence-electron chi connectivity index (χ0n) is 11.5. The minimum absolute atomic E-state index is 0.0957. The number of hydrogen-bond acceptors (Lipinski definition) is 1. The predicted octanol–water partition coefficient (Wildman–Crippen LogP) is 4.00. The van der Waals surface area contributed by atoms with E-state index in [1.54, 1.807) is 0 Å². The van der Waals surface area contributed by atoms with Gasteiger partial charge in [-0.2, -0.15) is 0 Å². The van der Waals surface area contributed by atoms with E-state index in [2.05, 4.69) is 21.2 Å². The third-order valence-electron chi connectivity index (χ3n) is 5.83. The fourth-order valence-electron chi connectivity index (χ4n) is 5.12. The van der Waals surface area contributed by atoms with Gasteiger partial charge in [0.25, 0.3) is 5.91 Å². The molecule has 5 atom stereocenters. The third-order valence-corrected chi connectivity index (χ3v) is 6.33. The van der Waals surface area contributed by atoms with E-state index in [1.807, 2.05) is 24.3 Å². The monoisotopic (exact) mass is 333 g/mol. The molecule has 3 heteroatoms. The lowest BCUT2D eigenvalue weighted by molar-refractivity contribution is 0.0901. The summed E-state index contributed by atoms with van der Waals surface area (Å²) < 4.78 is 0.967. The van der Waals surface area contributed by atoms with Gasteiger partial charge in [0.15, 0.2) is 0 Å². The Morgan fingerprint density at radius 1 is 1.15 bits per heavy atom. The summed E-state index contributed by atoms with van der Waals surface area (Å²) in [6.45, 7) is 0. The van der Waals surface area contributed by atoms with E-state index in [0.29, 0.717) is 6.04 Å². The number of carbonyl (C=O) groups is 1. The lowest BCUT2D eigenvalue weighted by atomic mass is 9.79. The fraction of sp³-hybridized carbons (Fsp3) is 0.588. The van der Waals surface area contributed by atoms with Crippen molar-refractivity contribution in [3.63, 3.8) is 0 Å². The van der Waals surface area contributed by atoms with Gasteiger partial charge in [0.1, 0.15) is 0 Å². The van der Waals surface area contributed by atoms with E-state index >= 15 is 0 Å². The van der Waals surface area contributed by atoms with Crippen molar-refractivity contribution in [1.82, 2.24) is 5.32 Å². The van der Waals surface area contributed by atoms with Crippen LogP contribution in [0.2, 0.25) is 0 Å². The highest BCUT2D eigenvalue weighted by Crippen LogP contribution is 2.58. The Morgan fingerprint density at radius 3 is 2.85 bits per heavy atom. The number of amides is 1. The summed E-state index contributed by atoms with van der Waals surface area (Å²) >= 11 is 3.43. The van der Waals surface area contributed by atoms with Crippen molar-refractivity contribution < 1.29 is 4.79 Å². The molecule has 2 nitrogen and oxygen atoms in total. The molecule has 4 rings (SSSR count). The molecule has 1 aromatic carbocycles. The molecule has 0 aromatic heterocycles. The van der Waals surface area contributed by atoms with Crippen molar-refractivity contribution in [2.45, 2.75) is 38.1 Å². The highest BCUT2D eigenvalue weighted by atomic mass is 79.9. The second-order valence-corrected chi connectivity index (χ2v) is 7.66. The molecule has 1 N–H and O–H groups in total. The number of rotatable bonds is 2. The number of fused-ring (bicyclic) bond motifs is 5. The Kier molecular flexibility index (Phi) is 3.13. The van der Waals surface area contributed by atoms with Crippen LogP contribution in [-0.4, -0.2) is 11.9 Å². The van der Waals surface area contributed by atoms with Crippen LogP contribution >= 0.6 is 15.9 Å². The van der Waals surface area contributed by atoms with Gasteiger partial charge in [-0.15, -0.1) is 0 Å². The van der Waals surface area contributed by atoms with Crippen LogP contribution in [0.4, 0.5) is 0 Å². The zero-order valence-corrected chi connectivity index (χ0v) is 13.1. The lowest BCUT2D eigenvalue weighted by Crippen LogP contribution is -2.42. The van der Waals surface area contributed by atoms with Gasteiger partial charge in [-0.1, -0.05) is 28.4 Å². The molecule has 3 aliphatic rings. The molecule has 5 unspecified atom stereocenters. The number of halogens is 1. The Bertz CT molecular complexity index is 544. The summed E-state index contributed by atoms with van der Waals surface area (Å²) in [6.07, 6.45) is 6.83. The maximum atomic E-state index is 12.4. The molecular weight excluding hydrogens is 314 g/mol. The molecule has 0 saturated heterocycles. The fourth-order valence-corrected chi connectivity index (χ4v) is 5.51. The van der Waals surface area contributed by atoms with Crippen molar-refractivity contribution >= 4 is 21.8 Å². The van der Waals surface area contributed by atoms with Crippen LogP contribution in [0.5, 0.6) is 0 Å². The van der Waals surface area contributed by atoms with Crippen molar-refractivity contribution in [1.29, 1.82) is 0 Å². The van der Waals surface area contributed by atoms with E-state index in [9.17, 15) is 4.79 Å². The number of nitrogens with one attached hydrogen (secondary N) is 1. The molecule has 0 aliphatic heterocycles. The van der Waals surface area contributed by atoms with Gasteiger partial charge in [0.2, 0.25) is 0 Å². The molecule has 106 valence electrons. The zero-order chi connectivity index (χ0) is 13.7. The van der Waals surface area contributed by atoms with Gasteiger partial charge in [0.05, 0.1) is 0 Å². The first-order chi connectivity index (χ1) is 9.72. The molecule has 3 aliphatic carbocycles. The van der Waals surface area contributed by atoms with Crippen molar-refractivity contribution in [2.75, 3.05) is 0 Å². The van der Waals surface area contributed by atoms with Crippen LogP contribution in [-0.2, 0) is 0 Å². The van der Waals surface area contributed by atoms with E-state index < -0.39 is 0 Å². The summed E-state index contributed by atoms with van der Waals surface area (Å²) in [5, 5.41) is 3.31. The van der Waals surface area contributed by atoms with Crippen molar-refractivity contribution in [3.05, 3.63) is 34.3 Å². The van der Waals surface area contributed by atoms with Crippen molar-refractivity contribution in [2.24, 2.45) is 23.7 Å². The minimum Gasteiger partial charge on any atom is -0.349 e. The lowest BCUT2D eigenvalue weighted by Gasteiger charge is -2.32. The molecule has 3 saturated carbocycles. The van der Waals surface area contributed by atoms with Gasteiger partial charge in [-0.25, -0.2) is 0 Å². The summed E-state index contributed by atoms with van der Waals surface area (Å²) in [6, 6.07) is 8.10. The number of benzene rings is 1. The largest absolute Gasteiger partial charge is 0.349 e. The predicted molar refractivity (Wildman–Crippen MR) is 82.4 cm³/mol. The summed E-state index contributed by atoms with van der Waals surface area (Å²) in [7, 11) is 0. The Hall–Kier alpha value is -0.830. The van der Waals surface area contributed by atoms with Gasteiger partial charge >= 0.3 is 0 Å². The topological polar surface area (TPSA) is 29.1 Å². The van der Waals surface area contributed by atoms with Crippen molar-refractivity contribution in [3.8, 4) is 0 Å². The van der Waals surface area contributed by atoms with E-state index in [-0.39, 0.29) is 5.91 Å². The Morgan fingerprint density at radius 2 is 2.00 bits per heavy atom. The second-order valence-electron chi connectivity index (χ2n) is 6.74. The van der Waals surface area contributed by atoms with Crippen LogP contribution in [0.25, 0.3) is 0 Å². The summed E-state index contributed by atoms with van der Waals surface area (Å²) in [5.74, 6) is 3.63. The summed E-state index contributed by atoms with van der Waals surface area (Å²) in [4.78, 5) is 12.4. The van der Waals surface area contributed by atoms with Crippen LogP contribution in [0.15, 0.2) is 28.7 Å². The van der Waals surface area contributed by atoms with Crippen LogP contribution in [0.3, 0.4) is 0 Å². The second kappa shape index (κ2) is 4.87. The molecular formula is C17H20BrNO. The Balaban J connectivity index is 1.47. The quantitative estimate of drug-likeness (QED) is 0.870.